The number of nitrogens with one attached hydrogen (secondary N) is 3. The Morgan fingerprint density at radius 1 is 1.02 bits per heavy atom. The number of nitrogens with two attached hydrogens (primary N) is 1. The zero-order chi connectivity index (χ0) is 29.9. The lowest BCUT2D eigenvalue weighted by atomic mass is 10.00. The monoisotopic (exact) mass is 576 g/mol. The molecule has 0 amide bonds. The molecule has 3 heterocycles. The van der Waals surface area contributed by atoms with E-state index < -0.39 is 5.82 Å². The molecule has 1 aliphatic carbocycles. The number of aromatic hydroxyl groups is 1. The van der Waals surface area contributed by atoms with Gasteiger partial charge in [0.1, 0.15) is 17.3 Å². The molecule has 0 saturated heterocycles. The number of phenolic OH excluding ortho intramolecular Hbond substituents is 1. The van der Waals surface area contributed by atoms with Gasteiger partial charge in [0, 0.05) is 46.9 Å². The van der Waals surface area contributed by atoms with Gasteiger partial charge in [-0.05, 0) is 98.3 Å². The van der Waals surface area contributed by atoms with Crippen molar-refractivity contribution < 1.29 is 9.50 Å². The number of allylic oxidation sites excluding steroid dienone is 3. The normalized spacial score (nSPS) is 14.7. The van der Waals surface area contributed by atoms with Gasteiger partial charge in [-0.2, -0.15) is 5.10 Å². The lowest BCUT2D eigenvalue weighted by molar-refractivity contribution is 0.469. The number of halogens is 1. The third-order valence-corrected chi connectivity index (χ3v) is 8.09. The van der Waals surface area contributed by atoms with E-state index in [-0.39, 0.29) is 5.75 Å². The van der Waals surface area contributed by atoms with E-state index in [2.05, 4.69) is 63.6 Å². The second-order valence-corrected chi connectivity index (χ2v) is 11.7. The van der Waals surface area contributed by atoms with Crippen LogP contribution in [0.4, 0.5) is 4.39 Å². The molecule has 1 aliphatic rings. The van der Waals surface area contributed by atoms with Crippen LogP contribution in [-0.4, -0.2) is 38.4 Å². The van der Waals surface area contributed by atoms with Gasteiger partial charge in [0.2, 0.25) is 0 Å². The van der Waals surface area contributed by atoms with E-state index in [9.17, 15) is 9.50 Å². The molecule has 0 spiro atoms. The van der Waals surface area contributed by atoms with Crippen LogP contribution in [0.5, 0.6) is 5.75 Å². The fraction of sp³-hybridized carbons (Fsp3) is 0.257. The lowest BCUT2D eigenvalue weighted by Gasteiger charge is -2.12. The Labute approximate surface area is 250 Å². The van der Waals surface area contributed by atoms with Crippen LogP contribution in [0.2, 0.25) is 0 Å². The molecule has 6 N–H and O–H groups in total. The summed E-state index contributed by atoms with van der Waals surface area (Å²) < 4.78 is 14.1. The van der Waals surface area contributed by atoms with Crippen LogP contribution in [0.1, 0.15) is 45.1 Å². The second-order valence-electron chi connectivity index (χ2n) is 11.7. The highest BCUT2D eigenvalue weighted by molar-refractivity contribution is 6.00. The molecule has 8 heteroatoms. The number of hydrogen-bond acceptors (Lipinski definition) is 5. The molecule has 0 unspecified atom stereocenters. The number of pyridine rings is 1. The summed E-state index contributed by atoms with van der Waals surface area (Å²) in [5, 5.41) is 23.2. The molecule has 220 valence electrons. The standard InChI is InChI=1S/C35H37FN6O/c1-21(2)11-23(20-38-19-22-5-3-4-6-22)12-26(18-37)24-7-8-32-29(15-24)35(42-41-32)33-17-30-31(40-33)9-10-39-34(30)25-13-27(36)16-28(43)14-25/h7-18,22,38,40,43H,3-6,19-20,37H2,1-2H3,(H,41,42)/b23-12+,26-18+. The number of hydrogen-bond donors (Lipinski definition) is 5. The van der Waals surface area contributed by atoms with Gasteiger partial charge in [0.25, 0.3) is 0 Å². The highest BCUT2D eigenvalue weighted by Gasteiger charge is 2.17. The van der Waals surface area contributed by atoms with Crippen LogP contribution in [-0.2, 0) is 0 Å². The predicted octanol–water partition coefficient (Wildman–Crippen LogP) is 7.59. The van der Waals surface area contributed by atoms with Gasteiger partial charge < -0.3 is 21.1 Å². The molecule has 0 radical (unpaired) electrons. The number of aromatic amines is 2. The van der Waals surface area contributed by atoms with Crippen molar-refractivity contribution in [1.29, 1.82) is 0 Å². The fourth-order valence-corrected chi connectivity index (χ4v) is 6.10. The Kier molecular flexibility index (Phi) is 8.11. The van der Waals surface area contributed by atoms with Crippen molar-refractivity contribution in [3.63, 3.8) is 0 Å². The third-order valence-electron chi connectivity index (χ3n) is 8.09. The molecule has 0 bridgehead atoms. The Bertz CT molecular complexity index is 1850. The molecule has 1 fully saturated rings. The summed E-state index contributed by atoms with van der Waals surface area (Å²) in [5.41, 5.74) is 14.9. The quantitative estimate of drug-likeness (QED) is 0.116. The first kappa shape index (κ1) is 28.4. The first-order valence-corrected chi connectivity index (χ1v) is 14.8. The van der Waals surface area contributed by atoms with Crippen molar-refractivity contribution in [2.45, 2.75) is 39.5 Å². The number of benzene rings is 2. The summed E-state index contributed by atoms with van der Waals surface area (Å²) in [6.45, 7) is 6.05. The van der Waals surface area contributed by atoms with E-state index in [1.165, 1.54) is 49.0 Å². The van der Waals surface area contributed by atoms with Gasteiger partial charge >= 0.3 is 0 Å². The lowest BCUT2D eigenvalue weighted by Crippen LogP contribution is -2.23. The number of H-pyrrole nitrogens is 2. The molecule has 1 saturated carbocycles. The second kappa shape index (κ2) is 12.3. The van der Waals surface area contributed by atoms with E-state index in [4.69, 9.17) is 5.73 Å². The maximum Gasteiger partial charge on any atom is 0.127 e. The average molecular weight is 577 g/mol. The molecule has 2 aromatic carbocycles. The topological polar surface area (TPSA) is 116 Å². The Morgan fingerprint density at radius 3 is 2.60 bits per heavy atom. The predicted molar refractivity (Wildman–Crippen MR) is 173 cm³/mol. The van der Waals surface area contributed by atoms with Gasteiger partial charge in [-0.25, -0.2) is 4.39 Å². The van der Waals surface area contributed by atoms with E-state index >= 15 is 0 Å². The Balaban J connectivity index is 1.33. The van der Waals surface area contributed by atoms with Crippen LogP contribution in [0.3, 0.4) is 0 Å². The van der Waals surface area contributed by atoms with Gasteiger partial charge in [0.15, 0.2) is 0 Å². The van der Waals surface area contributed by atoms with Crippen LogP contribution >= 0.6 is 0 Å². The van der Waals surface area contributed by atoms with Gasteiger partial charge in [0.05, 0.1) is 16.9 Å². The minimum absolute atomic E-state index is 0.148. The van der Waals surface area contributed by atoms with Gasteiger partial charge in [-0.15, -0.1) is 0 Å². The molecule has 0 aliphatic heterocycles. The summed E-state index contributed by atoms with van der Waals surface area (Å²) >= 11 is 0. The number of rotatable bonds is 9. The largest absolute Gasteiger partial charge is 0.508 e. The highest BCUT2D eigenvalue weighted by atomic mass is 19.1. The van der Waals surface area contributed by atoms with E-state index in [0.717, 1.165) is 69.4 Å². The zero-order valence-electron chi connectivity index (χ0n) is 24.5. The first-order chi connectivity index (χ1) is 20.9. The van der Waals surface area contributed by atoms with Crippen molar-refractivity contribution in [3.05, 3.63) is 95.6 Å². The first-order valence-electron chi connectivity index (χ1n) is 14.8. The van der Waals surface area contributed by atoms with Crippen LogP contribution < -0.4 is 11.1 Å². The van der Waals surface area contributed by atoms with Crippen molar-refractivity contribution in [3.8, 4) is 28.4 Å². The molecule has 7 nitrogen and oxygen atoms in total. The van der Waals surface area contributed by atoms with E-state index in [0.29, 0.717) is 11.3 Å². The molecular weight excluding hydrogens is 539 g/mol. The van der Waals surface area contributed by atoms with Crippen LogP contribution in [0, 0.1) is 11.7 Å². The molecule has 0 atom stereocenters. The summed E-state index contributed by atoms with van der Waals surface area (Å²) in [5.74, 6) is 0.105. The Morgan fingerprint density at radius 2 is 1.84 bits per heavy atom. The van der Waals surface area contributed by atoms with Crippen molar-refractivity contribution in [2.24, 2.45) is 11.7 Å². The summed E-state index contributed by atoms with van der Waals surface area (Å²) in [6, 6.07) is 14.0. The smallest absolute Gasteiger partial charge is 0.127 e. The maximum absolute atomic E-state index is 14.1. The van der Waals surface area contributed by atoms with Gasteiger partial charge in [-0.3, -0.25) is 10.1 Å². The molecule has 43 heavy (non-hydrogen) atoms. The molecular formula is C35H37FN6O. The number of nitrogens with zero attached hydrogens (tertiary/aromatic N) is 2. The fourth-order valence-electron chi connectivity index (χ4n) is 6.10. The van der Waals surface area contributed by atoms with Crippen LogP contribution in [0.25, 0.3) is 50.0 Å². The molecule has 6 rings (SSSR count). The van der Waals surface area contributed by atoms with Crippen LogP contribution in [0.15, 0.2) is 84.2 Å². The van der Waals surface area contributed by atoms with Crippen molar-refractivity contribution >= 4 is 27.4 Å². The SMILES string of the molecule is CC(C)=C/C(=C\C(=C/N)c1ccc2[nH]nc(-c3cc4c(-c5cc(O)cc(F)c5)nccc4[nH]3)c2c1)CNCC1CCCC1. The minimum atomic E-state index is -0.523. The van der Waals surface area contributed by atoms with E-state index in [1.807, 2.05) is 18.2 Å². The summed E-state index contributed by atoms with van der Waals surface area (Å²) in [6.07, 6.45) is 13.0. The Hall–Kier alpha value is -4.69. The number of aromatic nitrogens is 4. The molecule has 5 aromatic rings. The summed E-state index contributed by atoms with van der Waals surface area (Å²) in [4.78, 5) is 7.94. The summed E-state index contributed by atoms with van der Waals surface area (Å²) in [7, 11) is 0. The van der Waals surface area contributed by atoms with Gasteiger partial charge in [-0.1, -0.05) is 30.6 Å². The zero-order valence-corrected chi connectivity index (χ0v) is 24.5. The average Bonchev–Trinajstić information content (AvgIpc) is 3.74. The van der Waals surface area contributed by atoms with Crippen molar-refractivity contribution in [2.75, 3.05) is 13.1 Å². The molecule has 3 aromatic heterocycles. The minimum Gasteiger partial charge on any atom is -0.508 e. The van der Waals surface area contributed by atoms with E-state index in [1.54, 1.807) is 12.4 Å². The van der Waals surface area contributed by atoms with Crippen molar-refractivity contribution in [1.82, 2.24) is 25.5 Å². The number of fused-ring (bicyclic) bond motifs is 2. The highest BCUT2D eigenvalue weighted by Crippen LogP contribution is 2.35. The third kappa shape index (κ3) is 6.24. The maximum atomic E-state index is 14.1. The number of phenols is 1.